The van der Waals surface area contributed by atoms with Gasteiger partial charge in [0.25, 0.3) is 0 Å². The van der Waals surface area contributed by atoms with Crippen molar-refractivity contribution in [2.45, 2.75) is 32.6 Å². The molecule has 0 aromatic heterocycles. The first-order valence-corrected chi connectivity index (χ1v) is 7.55. The third-order valence-corrected chi connectivity index (χ3v) is 3.25. The fourth-order valence-corrected chi connectivity index (χ4v) is 2.16. The molecule has 1 aromatic rings. The number of nitrogens with zero attached hydrogens (tertiary/aromatic N) is 1. The Hall–Kier alpha value is -1.39. The summed E-state index contributed by atoms with van der Waals surface area (Å²) in [5.41, 5.74) is 2.08. The molecule has 0 fully saturated rings. The molecule has 0 bridgehead atoms. The molecule has 0 unspecified atom stereocenters. The summed E-state index contributed by atoms with van der Waals surface area (Å²) >= 11 is 0. The van der Waals surface area contributed by atoms with Crippen molar-refractivity contribution in [3.63, 3.8) is 0 Å². The second-order valence-electron chi connectivity index (χ2n) is 6.68. The van der Waals surface area contributed by atoms with Crippen molar-refractivity contribution in [2.24, 2.45) is 0 Å². The van der Waals surface area contributed by atoms with Crippen molar-refractivity contribution < 1.29 is 4.79 Å². The lowest BCUT2D eigenvalue weighted by Gasteiger charge is -2.23. The van der Waals surface area contributed by atoms with Crippen LogP contribution in [0.2, 0.25) is 0 Å². The van der Waals surface area contributed by atoms with E-state index in [1.807, 2.05) is 18.2 Å². The van der Waals surface area contributed by atoms with Crippen molar-refractivity contribution >= 4 is 11.6 Å². The van der Waals surface area contributed by atoms with Crippen molar-refractivity contribution in [1.29, 1.82) is 0 Å². The van der Waals surface area contributed by atoms with E-state index in [9.17, 15) is 4.79 Å². The summed E-state index contributed by atoms with van der Waals surface area (Å²) in [7, 11) is 4.10. The fraction of sp³-hybridized carbons (Fsp3) is 0.588. The van der Waals surface area contributed by atoms with Crippen LogP contribution in [0, 0.1) is 0 Å². The van der Waals surface area contributed by atoms with Crippen molar-refractivity contribution in [3.8, 4) is 0 Å². The topological polar surface area (TPSA) is 44.4 Å². The molecule has 0 atom stereocenters. The van der Waals surface area contributed by atoms with Gasteiger partial charge in [0.2, 0.25) is 5.91 Å². The Morgan fingerprint density at radius 1 is 1.19 bits per heavy atom. The lowest BCUT2D eigenvalue weighted by atomic mass is 9.86. The van der Waals surface area contributed by atoms with Crippen LogP contribution in [0.5, 0.6) is 0 Å². The number of anilines is 1. The van der Waals surface area contributed by atoms with Crippen LogP contribution in [-0.4, -0.2) is 44.5 Å². The second-order valence-corrected chi connectivity index (χ2v) is 6.68. The molecule has 0 aliphatic heterocycles. The Kier molecular flexibility index (Phi) is 6.85. The van der Waals surface area contributed by atoms with Crippen LogP contribution < -0.4 is 10.6 Å². The summed E-state index contributed by atoms with van der Waals surface area (Å²) in [4.78, 5) is 14.1. The zero-order valence-electron chi connectivity index (χ0n) is 14.0. The van der Waals surface area contributed by atoms with E-state index in [4.69, 9.17) is 0 Å². The van der Waals surface area contributed by atoms with Gasteiger partial charge in [0.1, 0.15) is 0 Å². The van der Waals surface area contributed by atoms with Gasteiger partial charge in [0.05, 0.1) is 6.54 Å². The van der Waals surface area contributed by atoms with E-state index < -0.39 is 0 Å². The molecule has 0 radical (unpaired) electrons. The maximum atomic E-state index is 12.0. The normalized spacial score (nSPS) is 11.7. The average molecular weight is 291 g/mol. The van der Waals surface area contributed by atoms with E-state index in [1.165, 1.54) is 0 Å². The van der Waals surface area contributed by atoms with Gasteiger partial charge in [-0.3, -0.25) is 4.79 Å². The van der Waals surface area contributed by atoms with E-state index in [-0.39, 0.29) is 11.3 Å². The Morgan fingerprint density at radius 3 is 2.48 bits per heavy atom. The number of amides is 1. The molecule has 0 aliphatic carbocycles. The molecule has 1 rings (SSSR count). The summed E-state index contributed by atoms with van der Waals surface area (Å²) < 4.78 is 0. The predicted molar refractivity (Wildman–Crippen MR) is 89.8 cm³/mol. The number of benzene rings is 1. The number of para-hydroxylation sites is 1. The fourth-order valence-electron chi connectivity index (χ4n) is 2.16. The zero-order valence-corrected chi connectivity index (χ0v) is 14.0. The van der Waals surface area contributed by atoms with E-state index in [1.54, 1.807) is 0 Å². The molecule has 4 heteroatoms. The standard InChI is InChI=1S/C17H29N3O/c1-17(2,3)14-9-6-7-10-15(14)19-16(21)13-18-11-8-12-20(4)5/h6-7,9-10,18H,8,11-13H2,1-5H3,(H,19,21). The first-order valence-electron chi connectivity index (χ1n) is 7.55. The van der Waals surface area contributed by atoms with Crippen molar-refractivity contribution in [2.75, 3.05) is 39.0 Å². The predicted octanol–water partition coefficient (Wildman–Crippen LogP) is 2.46. The minimum Gasteiger partial charge on any atom is -0.325 e. The maximum Gasteiger partial charge on any atom is 0.238 e. The summed E-state index contributed by atoms with van der Waals surface area (Å²) in [6.07, 6.45) is 1.04. The molecular weight excluding hydrogens is 262 g/mol. The van der Waals surface area contributed by atoms with Gasteiger partial charge in [0.15, 0.2) is 0 Å². The Labute approximate surface area is 128 Å². The quantitative estimate of drug-likeness (QED) is 0.759. The van der Waals surface area contributed by atoms with Crippen LogP contribution in [0.1, 0.15) is 32.8 Å². The van der Waals surface area contributed by atoms with Gasteiger partial charge in [0, 0.05) is 5.69 Å². The van der Waals surface area contributed by atoms with Crippen LogP contribution in [0.15, 0.2) is 24.3 Å². The molecule has 0 heterocycles. The largest absolute Gasteiger partial charge is 0.325 e. The van der Waals surface area contributed by atoms with Crippen LogP contribution in [0.3, 0.4) is 0 Å². The maximum absolute atomic E-state index is 12.0. The molecule has 1 aromatic carbocycles. The minimum absolute atomic E-state index is 0.0107. The summed E-state index contributed by atoms with van der Waals surface area (Å²) in [5, 5.41) is 6.19. The lowest BCUT2D eigenvalue weighted by Crippen LogP contribution is -2.30. The van der Waals surface area contributed by atoms with Gasteiger partial charge in [-0.15, -0.1) is 0 Å². The highest BCUT2D eigenvalue weighted by Crippen LogP contribution is 2.28. The van der Waals surface area contributed by atoms with Gasteiger partial charge in [-0.05, 0) is 50.7 Å². The first-order chi connectivity index (χ1) is 9.80. The van der Waals surface area contributed by atoms with Gasteiger partial charge in [-0.25, -0.2) is 0 Å². The third kappa shape index (κ3) is 6.74. The number of hydrogen-bond acceptors (Lipinski definition) is 3. The third-order valence-electron chi connectivity index (χ3n) is 3.25. The number of hydrogen-bond donors (Lipinski definition) is 2. The SMILES string of the molecule is CN(C)CCCNCC(=O)Nc1ccccc1C(C)(C)C. The highest BCUT2D eigenvalue weighted by atomic mass is 16.1. The average Bonchev–Trinajstić information content (AvgIpc) is 2.37. The highest BCUT2D eigenvalue weighted by molar-refractivity contribution is 5.93. The molecule has 21 heavy (non-hydrogen) atoms. The number of rotatable bonds is 7. The Balaban J connectivity index is 2.45. The first kappa shape index (κ1) is 17.7. The van der Waals surface area contributed by atoms with Gasteiger partial charge in [-0.1, -0.05) is 39.0 Å². The van der Waals surface area contributed by atoms with Crippen molar-refractivity contribution in [1.82, 2.24) is 10.2 Å². The number of nitrogens with one attached hydrogen (secondary N) is 2. The van der Waals surface area contributed by atoms with Crippen LogP contribution in [0.25, 0.3) is 0 Å². The van der Waals surface area contributed by atoms with Crippen LogP contribution >= 0.6 is 0 Å². The van der Waals surface area contributed by atoms with Gasteiger partial charge in [-0.2, -0.15) is 0 Å². The van der Waals surface area contributed by atoms with Crippen LogP contribution in [0.4, 0.5) is 5.69 Å². The smallest absolute Gasteiger partial charge is 0.238 e. The summed E-state index contributed by atoms with van der Waals surface area (Å²) in [5.74, 6) is 0.0107. The molecule has 0 saturated heterocycles. The monoisotopic (exact) mass is 291 g/mol. The number of carbonyl (C=O) groups excluding carboxylic acids is 1. The van der Waals surface area contributed by atoms with E-state index in [2.05, 4.69) is 56.5 Å². The number of carbonyl (C=O) groups is 1. The molecule has 1 amide bonds. The lowest BCUT2D eigenvalue weighted by molar-refractivity contribution is -0.115. The molecule has 0 saturated carbocycles. The van der Waals surface area contributed by atoms with E-state index in [0.29, 0.717) is 6.54 Å². The highest BCUT2D eigenvalue weighted by Gasteiger charge is 2.18. The zero-order chi connectivity index (χ0) is 15.9. The molecule has 0 aliphatic rings. The van der Waals surface area contributed by atoms with Crippen LogP contribution in [-0.2, 0) is 10.2 Å². The van der Waals surface area contributed by atoms with E-state index in [0.717, 1.165) is 30.8 Å². The van der Waals surface area contributed by atoms with E-state index >= 15 is 0 Å². The van der Waals surface area contributed by atoms with Crippen molar-refractivity contribution in [3.05, 3.63) is 29.8 Å². The summed E-state index contributed by atoms with van der Waals surface area (Å²) in [6.45, 7) is 8.69. The molecular formula is C17H29N3O. The molecule has 4 nitrogen and oxygen atoms in total. The van der Waals surface area contributed by atoms with Gasteiger partial charge < -0.3 is 15.5 Å². The minimum atomic E-state index is 0.0107. The van der Waals surface area contributed by atoms with Gasteiger partial charge >= 0.3 is 0 Å². The molecule has 0 spiro atoms. The molecule has 2 N–H and O–H groups in total. The second kappa shape index (κ2) is 8.15. The Bertz CT molecular complexity index is 450. The molecule has 118 valence electrons. The summed E-state index contributed by atoms with van der Waals surface area (Å²) in [6, 6.07) is 8.00. The Morgan fingerprint density at radius 2 is 1.86 bits per heavy atom.